The normalized spacial score (nSPS) is 10.9. The van der Waals surface area contributed by atoms with Gasteiger partial charge >= 0.3 is 0 Å². The van der Waals surface area contributed by atoms with Crippen LogP contribution in [-0.2, 0) is 14.8 Å². The lowest BCUT2D eigenvalue weighted by Crippen LogP contribution is -2.15. The third kappa shape index (κ3) is 4.89. The standard InChI is InChI=1S/C16H17N3O6S2/c1-10(20)17-14-9-12(5-7-16(14)26-3)27(23,24)18-13-8-11(19(21)22)4-6-15(13)25-2/h4-9,18H,1-3H3,(H,17,20). The third-order valence-electron chi connectivity index (χ3n) is 3.43. The first kappa shape index (κ1) is 20.5. The summed E-state index contributed by atoms with van der Waals surface area (Å²) in [5.41, 5.74) is -0.00392. The molecule has 11 heteroatoms. The minimum absolute atomic E-state index is 0.0679. The Balaban J connectivity index is 2.46. The van der Waals surface area contributed by atoms with Crippen LogP contribution >= 0.6 is 11.8 Å². The Bertz CT molecular complexity index is 992. The molecule has 0 bridgehead atoms. The minimum Gasteiger partial charge on any atom is -0.495 e. The van der Waals surface area contributed by atoms with E-state index in [1.54, 1.807) is 12.3 Å². The number of nitrogens with one attached hydrogen (secondary N) is 2. The van der Waals surface area contributed by atoms with Crippen LogP contribution in [0.15, 0.2) is 46.2 Å². The number of ether oxygens (including phenoxy) is 1. The molecule has 0 unspecified atom stereocenters. The van der Waals surface area contributed by atoms with Gasteiger partial charge in [-0.3, -0.25) is 19.6 Å². The molecule has 0 heterocycles. The van der Waals surface area contributed by atoms with Crippen LogP contribution in [0.4, 0.5) is 17.1 Å². The van der Waals surface area contributed by atoms with Crippen LogP contribution < -0.4 is 14.8 Å². The number of non-ortho nitro benzene ring substituents is 1. The molecule has 0 saturated heterocycles. The van der Waals surface area contributed by atoms with Crippen LogP contribution in [0.1, 0.15) is 6.92 Å². The van der Waals surface area contributed by atoms with Crippen molar-refractivity contribution in [3.05, 3.63) is 46.5 Å². The van der Waals surface area contributed by atoms with Crippen LogP contribution in [-0.4, -0.2) is 32.6 Å². The van der Waals surface area contributed by atoms with E-state index in [-0.39, 0.29) is 27.9 Å². The predicted octanol–water partition coefficient (Wildman–Crippen LogP) is 3.08. The average molecular weight is 411 g/mol. The minimum atomic E-state index is -4.08. The van der Waals surface area contributed by atoms with Crippen molar-refractivity contribution in [3.8, 4) is 5.75 Å². The van der Waals surface area contributed by atoms with Gasteiger partial charge in [0, 0.05) is 24.0 Å². The van der Waals surface area contributed by atoms with Crippen molar-refractivity contribution in [3.63, 3.8) is 0 Å². The second-order valence-corrected chi connectivity index (χ2v) is 7.82. The van der Waals surface area contributed by atoms with E-state index >= 15 is 0 Å². The van der Waals surface area contributed by atoms with Gasteiger partial charge in [-0.05, 0) is 30.5 Å². The molecule has 0 aliphatic rings. The van der Waals surface area contributed by atoms with Gasteiger partial charge in [-0.25, -0.2) is 8.42 Å². The maximum absolute atomic E-state index is 12.7. The number of benzene rings is 2. The Morgan fingerprint density at radius 3 is 2.44 bits per heavy atom. The maximum atomic E-state index is 12.7. The Morgan fingerprint density at radius 1 is 1.19 bits per heavy atom. The summed E-state index contributed by atoms with van der Waals surface area (Å²) in [5, 5.41) is 13.5. The van der Waals surface area contributed by atoms with Crippen molar-refractivity contribution >= 4 is 44.8 Å². The van der Waals surface area contributed by atoms with Crippen molar-refractivity contribution in [2.45, 2.75) is 16.7 Å². The number of rotatable bonds is 7. The van der Waals surface area contributed by atoms with E-state index in [0.29, 0.717) is 10.6 Å². The van der Waals surface area contributed by atoms with E-state index in [0.717, 1.165) is 6.07 Å². The lowest BCUT2D eigenvalue weighted by molar-refractivity contribution is -0.384. The summed E-state index contributed by atoms with van der Waals surface area (Å²) in [7, 11) is -2.76. The number of methoxy groups -OCH3 is 1. The molecule has 27 heavy (non-hydrogen) atoms. The Hall–Kier alpha value is -2.79. The topological polar surface area (TPSA) is 128 Å². The number of nitro benzene ring substituents is 1. The molecule has 9 nitrogen and oxygen atoms in total. The third-order valence-corrected chi connectivity index (χ3v) is 5.59. The molecule has 1 amide bonds. The summed E-state index contributed by atoms with van der Waals surface area (Å²) in [6, 6.07) is 7.84. The molecule has 0 aromatic heterocycles. The summed E-state index contributed by atoms with van der Waals surface area (Å²) >= 11 is 1.35. The number of hydrogen-bond donors (Lipinski definition) is 2. The molecule has 2 aromatic rings. The largest absolute Gasteiger partial charge is 0.495 e. The van der Waals surface area contributed by atoms with Crippen molar-refractivity contribution in [1.82, 2.24) is 0 Å². The zero-order valence-corrected chi connectivity index (χ0v) is 16.3. The molecule has 0 radical (unpaired) electrons. The summed E-state index contributed by atoms with van der Waals surface area (Å²) < 4.78 is 32.8. The molecule has 2 rings (SSSR count). The summed E-state index contributed by atoms with van der Waals surface area (Å²) in [4.78, 5) is 22.2. The zero-order valence-electron chi connectivity index (χ0n) is 14.7. The molecule has 0 saturated carbocycles. The van der Waals surface area contributed by atoms with Gasteiger partial charge in [0.15, 0.2) is 0 Å². The number of sulfonamides is 1. The van der Waals surface area contributed by atoms with Gasteiger partial charge in [0.2, 0.25) is 5.91 Å². The Kier molecular flexibility index (Phi) is 6.28. The number of hydrogen-bond acceptors (Lipinski definition) is 7. The first-order valence-electron chi connectivity index (χ1n) is 7.49. The van der Waals surface area contributed by atoms with Crippen molar-refractivity contribution < 1.29 is 22.9 Å². The number of anilines is 2. The number of carbonyl (C=O) groups is 1. The van der Waals surface area contributed by atoms with Crippen molar-refractivity contribution in [2.24, 2.45) is 0 Å². The average Bonchev–Trinajstić information content (AvgIpc) is 2.60. The molecule has 0 aliphatic carbocycles. The van der Waals surface area contributed by atoms with Crippen LogP contribution in [0.2, 0.25) is 0 Å². The van der Waals surface area contributed by atoms with Crippen LogP contribution in [0.25, 0.3) is 0 Å². The van der Waals surface area contributed by atoms with Crippen LogP contribution in [0.5, 0.6) is 5.75 Å². The number of nitrogens with zero attached hydrogens (tertiary/aromatic N) is 1. The van der Waals surface area contributed by atoms with Gasteiger partial charge in [0.05, 0.1) is 28.3 Å². The molecule has 0 atom stereocenters. The lowest BCUT2D eigenvalue weighted by atomic mass is 10.2. The highest BCUT2D eigenvalue weighted by molar-refractivity contribution is 7.98. The fourth-order valence-electron chi connectivity index (χ4n) is 2.23. The van der Waals surface area contributed by atoms with Gasteiger partial charge in [0.1, 0.15) is 5.75 Å². The molecule has 0 spiro atoms. The highest BCUT2D eigenvalue weighted by Gasteiger charge is 2.20. The highest BCUT2D eigenvalue weighted by Crippen LogP contribution is 2.33. The van der Waals surface area contributed by atoms with Gasteiger partial charge in [-0.2, -0.15) is 0 Å². The van der Waals surface area contributed by atoms with Crippen molar-refractivity contribution in [1.29, 1.82) is 0 Å². The number of carbonyl (C=O) groups excluding carboxylic acids is 1. The quantitative estimate of drug-likeness (QED) is 0.407. The molecular weight excluding hydrogens is 394 g/mol. The predicted molar refractivity (Wildman–Crippen MR) is 103 cm³/mol. The molecule has 0 aliphatic heterocycles. The van der Waals surface area contributed by atoms with Gasteiger partial charge in [0.25, 0.3) is 15.7 Å². The Labute approximate surface area is 160 Å². The van der Waals surface area contributed by atoms with Crippen LogP contribution in [0.3, 0.4) is 0 Å². The van der Waals surface area contributed by atoms with Crippen molar-refractivity contribution in [2.75, 3.05) is 23.4 Å². The summed E-state index contributed by atoms with van der Waals surface area (Å²) in [6.07, 6.45) is 1.79. The smallest absolute Gasteiger partial charge is 0.271 e. The molecule has 2 N–H and O–H groups in total. The molecule has 144 valence electrons. The first-order chi connectivity index (χ1) is 12.7. The highest BCUT2D eigenvalue weighted by atomic mass is 32.2. The number of nitro groups is 1. The molecular formula is C16H17N3O6S2. The van der Waals surface area contributed by atoms with E-state index in [2.05, 4.69) is 10.0 Å². The number of thioether (sulfide) groups is 1. The SMILES string of the molecule is COc1ccc([N+](=O)[O-])cc1NS(=O)(=O)c1ccc(SC)c(NC(C)=O)c1. The van der Waals surface area contributed by atoms with E-state index in [9.17, 15) is 23.3 Å². The molecule has 2 aromatic carbocycles. The summed E-state index contributed by atoms with van der Waals surface area (Å²) in [6.45, 7) is 1.32. The molecule has 0 fully saturated rings. The van der Waals surface area contributed by atoms with E-state index in [1.807, 2.05) is 0 Å². The lowest BCUT2D eigenvalue weighted by Gasteiger charge is -2.14. The fraction of sp³-hybridized carbons (Fsp3) is 0.188. The first-order valence-corrected chi connectivity index (χ1v) is 10.2. The number of amides is 1. The van der Waals surface area contributed by atoms with E-state index in [4.69, 9.17) is 4.74 Å². The summed E-state index contributed by atoms with van der Waals surface area (Å²) in [5.74, 6) is -0.208. The fourth-order valence-corrected chi connectivity index (χ4v) is 3.86. The van der Waals surface area contributed by atoms with Gasteiger partial charge in [-0.1, -0.05) is 0 Å². The van der Waals surface area contributed by atoms with E-state index < -0.39 is 14.9 Å². The maximum Gasteiger partial charge on any atom is 0.271 e. The zero-order chi connectivity index (χ0) is 20.2. The Morgan fingerprint density at radius 2 is 1.89 bits per heavy atom. The van der Waals surface area contributed by atoms with Gasteiger partial charge in [-0.15, -0.1) is 11.8 Å². The second-order valence-electron chi connectivity index (χ2n) is 5.29. The van der Waals surface area contributed by atoms with E-state index in [1.165, 1.54) is 50.1 Å². The van der Waals surface area contributed by atoms with Gasteiger partial charge < -0.3 is 10.1 Å². The monoisotopic (exact) mass is 411 g/mol. The van der Waals surface area contributed by atoms with Crippen LogP contribution in [0, 0.1) is 10.1 Å². The second kappa shape index (κ2) is 8.27.